The van der Waals surface area contributed by atoms with E-state index in [0.717, 1.165) is 4.90 Å². The standard InChI is InChI=1S/C13H19ClN2OS/c1-8(12(17)16-13(2,3)4)18-11-7-9(14)5-6-10(11)15/h5-8H,15H2,1-4H3,(H,16,17). The van der Waals surface area contributed by atoms with Crippen molar-refractivity contribution in [3.8, 4) is 0 Å². The molecule has 1 rings (SSSR count). The number of hydrogen-bond acceptors (Lipinski definition) is 3. The second-order valence-corrected chi connectivity index (χ2v) is 7.00. The molecule has 1 unspecified atom stereocenters. The minimum absolute atomic E-state index is 0.00752. The molecule has 0 saturated heterocycles. The highest BCUT2D eigenvalue weighted by molar-refractivity contribution is 8.00. The fraction of sp³-hybridized carbons (Fsp3) is 0.462. The van der Waals surface area contributed by atoms with Crippen molar-refractivity contribution in [2.24, 2.45) is 0 Å². The highest BCUT2D eigenvalue weighted by Gasteiger charge is 2.20. The molecule has 1 aromatic rings. The van der Waals surface area contributed by atoms with Gasteiger partial charge in [-0.1, -0.05) is 11.6 Å². The molecule has 0 aromatic heterocycles. The van der Waals surface area contributed by atoms with Gasteiger partial charge in [-0.3, -0.25) is 4.79 Å². The smallest absolute Gasteiger partial charge is 0.233 e. The molecule has 0 aliphatic rings. The molecule has 0 aliphatic carbocycles. The predicted molar refractivity (Wildman–Crippen MR) is 79.1 cm³/mol. The van der Waals surface area contributed by atoms with Gasteiger partial charge in [-0.2, -0.15) is 0 Å². The lowest BCUT2D eigenvalue weighted by atomic mass is 10.1. The molecule has 0 aliphatic heterocycles. The van der Waals surface area contributed by atoms with E-state index in [1.54, 1.807) is 18.2 Å². The molecule has 0 fully saturated rings. The van der Waals surface area contributed by atoms with Gasteiger partial charge in [-0.05, 0) is 45.9 Å². The predicted octanol–water partition coefficient (Wildman–Crippen LogP) is 3.32. The third-order valence-corrected chi connectivity index (χ3v) is 3.56. The number of hydrogen-bond donors (Lipinski definition) is 2. The van der Waals surface area contributed by atoms with Crippen LogP contribution in [0, 0.1) is 0 Å². The summed E-state index contributed by atoms with van der Waals surface area (Å²) in [4.78, 5) is 12.8. The lowest BCUT2D eigenvalue weighted by molar-refractivity contribution is -0.121. The van der Waals surface area contributed by atoms with Crippen LogP contribution in [-0.2, 0) is 4.79 Å². The largest absolute Gasteiger partial charge is 0.398 e. The number of rotatable bonds is 3. The molecule has 0 spiro atoms. The number of thioether (sulfide) groups is 1. The summed E-state index contributed by atoms with van der Waals surface area (Å²) in [6, 6.07) is 5.27. The van der Waals surface area contributed by atoms with Crippen LogP contribution < -0.4 is 11.1 Å². The molecule has 0 heterocycles. The number of nitrogens with one attached hydrogen (secondary N) is 1. The van der Waals surface area contributed by atoms with E-state index in [-0.39, 0.29) is 16.7 Å². The molecule has 1 atom stereocenters. The van der Waals surface area contributed by atoms with Crippen LogP contribution in [0.2, 0.25) is 5.02 Å². The van der Waals surface area contributed by atoms with Crippen LogP contribution in [0.15, 0.2) is 23.1 Å². The molecule has 18 heavy (non-hydrogen) atoms. The topological polar surface area (TPSA) is 55.1 Å². The molecule has 3 N–H and O–H groups in total. The zero-order valence-corrected chi connectivity index (χ0v) is 12.7. The second kappa shape index (κ2) is 5.85. The maximum absolute atomic E-state index is 12.0. The van der Waals surface area contributed by atoms with E-state index in [4.69, 9.17) is 17.3 Å². The zero-order valence-electron chi connectivity index (χ0n) is 11.1. The summed E-state index contributed by atoms with van der Waals surface area (Å²) in [5.41, 5.74) is 6.26. The van der Waals surface area contributed by atoms with Crippen molar-refractivity contribution in [1.29, 1.82) is 0 Å². The Balaban J connectivity index is 2.72. The molecule has 0 bridgehead atoms. The third kappa shape index (κ3) is 4.78. The summed E-state index contributed by atoms with van der Waals surface area (Å²) in [5, 5.41) is 3.34. The first-order chi connectivity index (χ1) is 8.19. The van der Waals surface area contributed by atoms with E-state index in [1.807, 2.05) is 27.7 Å². The van der Waals surface area contributed by atoms with Crippen LogP contribution in [0.4, 0.5) is 5.69 Å². The second-order valence-electron chi connectivity index (χ2n) is 5.18. The van der Waals surface area contributed by atoms with Crippen LogP contribution in [0.25, 0.3) is 0 Å². The van der Waals surface area contributed by atoms with Crippen molar-refractivity contribution in [1.82, 2.24) is 5.32 Å². The van der Waals surface area contributed by atoms with E-state index in [2.05, 4.69) is 5.32 Å². The van der Waals surface area contributed by atoms with Crippen molar-refractivity contribution in [3.63, 3.8) is 0 Å². The highest BCUT2D eigenvalue weighted by atomic mass is 35.5. The van der Waals surface area contributed by atoms with E-state index in [1.165, 1.54) is 11.8 Å². The molecular weight excluding hydrogens is 268 g/mol. The maximum atomic E-state index is 12.0. The van der Waals surface area contributed by atoms with Crippen LogP contribution in [0.5, 0.6) is 0 Å². The minimum Gasteiger partial charge on any atom is -0.398 e. The Kier molecular flexibility index (Phi) is 4.93. The quantitative estimate of drug-likeness (QED) is 0.662. The molecule has 1 amide bonds. The van der Waals surface area contributed by atoms with E-state index >= 15 is 0 Å². The molecule has 3 nitrogen and oxygen atoms in total. The average Bonchev–Trinajstić information content (AvgIpc) is 2.21. The Morgan fingerprint density at radius 3 is 2.61 bits per heavy atom. The van der Waals surface area contributed by atoms with Gasteiger partial charge in [0.25, 0.3) is 0 Å². The number of benzene rings is 1. The summed E-state index contributed by atoms with van der Waals surface area (Å²) in [5.74, 6) is -0.00752. The zero-order chi connectivity index (χ0) is 13.9. The first-order valence-electron chi connectivity index (χ1n) is 5.73. The summed E-state index contributed by atoms with van der Waals surface area (Å²) in [7, 11) is 0. The van der Waals surface area contributed by atoms with E-state index in [9.17, 15) is 4.79 Å². The van der Waals surface area contributed by atoms with Gasteiger partial charge in [-0.25, -0.2) is 0 Å². The molecule has 0 radical (unpaired) electrons. The number of amides is 1. The van der Waals surface area contributed by atoms with Crippen molar-refractivity contribution in [2.75, 3.05) is 5.73 Å². The summed E-state index contributed by atoms with van der Waals surface area (Å²) < 4.78 is 0. The van der Waals surface area contributed by atoms with Crippen molar-refractivity contribution in [2.45, 2.75) is 43.4 Å². The normalized spacial score (nSPS) is 13.2. The first kappa shape index (κ1) is 15.2. The van der Waals surface area contributed by atoms with Crippen molar-refractivity contribution in [3.05, 3.63) is 23.2 Å². The number of anilines is 1. The highest BCUT2D eigenvalue weighted by Crippen LogP contribution is 2.31. The van der Waals surface area contributed by atoms with Gasteiger partial charge in [0.15, 0.2) is 0 Å². The molecular formula is C13H19ClN2OS. The number of carbonyl (C=O) groups is 1. The van der Waals surface area contributed by atoms with Gasteiger partial charge in [0.2, 0.25) is 5.91 Å². The first-order valence-corrected chi connectivity index (χ1v) is 6.98. The van der Waals surface area contributed by atoms with Gasteiger partial charge < -0.3 is 11.1 Å². The molecule has 1 aromatic carbocycles. The summed E-state index contributed by atoms with van der Waals surface area (Å²) in [6.07, 6.45) is 0. The van der Waals surface area contributed by atoms with Gasteiger partial charge in [0.1, 0.15) is 0 Å². The summed E-state index contributed by atoms with van der Waals surface area (Å²) in [6.45, 7) is 7.72. The Hall–Kier alpha value is -0.870. The van der Waals surface area contributed by atoms with Crippen molar-refractivity contribution >= 4 is 35.0 Å². The molecule has 0 saturated carbocycles. The summed E-state index contributed by atoms with van der Waals surface area (Å²) >= 11 is 7.33. The maximum Gasteiger partial charge on any atom is 0.233 e. The third-order valence-electron chi connectivity index (χ3n) is 2.15. The Morgan fingerprint density at radius 2 is 2.06 bits per heavy atom. The number of nitrogens with two attached hydrogens (primary N) is 1. The Labute approximate surface area is 117 Å². The lowest BCUT2D eigenvalue weighted by Gasteiger charge is -2.23. The fourth-order valence-corrected chi connectivity index (χ4v) is 2.51. The van der Waals surface area contributed by atoms with Crippen LogP contribution in [0.1, 0.15) is 27.7 Å². The number of nitrogen functional groups attached to an aromatic ring is 1. The van der Waals surface area contributed by atoms with E-state index in [0.29, 0.717) is 10.7 Å². The fourth-order valence-electron chi connectivity index (χ4n) is 1.33. The van der Waals surface area contributed by atoms with Crippen molar-refractivity contribution < 1.29 is 4.79 Å². The van der Waals surface area contributed by atoms with Gasteiger partial charge in [-0.15, -0.1) is 11.8 Å². The van der Waals surface area contributed by atoms with E-state index < -0.39 is 0 Å². The van der Waals surface area contributed by atoms with Crippen LogP contribution in [-0.4, -0.2) is 16.7 Å². The van der Waals surface area contributed by atoms with Crippen LogP contribution in [0.3, 0.4) is 0 Å². The Morgan fingerprint density at radius 1 is 1.44 bits per heavy atom. The SMILES string of the molecule is CC(Sc1cc(Cl)ccc1N)C(=O)NC(C)(C)C. The number of carbonyl (C=O) groups excluding carboxylic acids is 1. The van der Waals surface area contributed by atoms with Gasteiger partial charge in [0, 0.05) is 21.1 Å². The van der Waals surface area contributed by atoms with Crippen LogP contribution >= 0.6 is 23.4 Å². The minimum atomic E-state index is -0.230. The number of halogens is 1. The lowest BCUT2D eigenvalue weighted by Crippen LogP contribution is -2.44. The Bertz CT molecular complexity index is 443. The molecule has 5 heteroatoms. The van der Waals surface area contributed by atoms with Gasteiger partial charge in [0.05, 0.1) is 5.25 Å². The van der Waals surface area contributed by atoms with Gasteiger partial charge >= 0.3 is 0 Å². The average molecular weight is 287 g/mol. The molecule has 100 valence electrons. The monoisotopic (exact) mass is 286 g/mol.